The highest BCUT2D eigenvalue weighted by molar-refractivity contribution is 6.30. The molecule has 0 aliphatic heterocycles. The predicted molar refractivity (Wildman–Crippen MR) is 132 cm³/mol. The summed E-state index contributed by atoms with van der Waals surface area (Å²) >= 11 is 5.92. The molecule has 0 aliphatic carbocycles. The highest BCUT2D eigenvalue weighted by Gasteiger charge is 2.15. The molecule has 1 amide bonds. The number of benzene rings is 2. The molecule has 9 nitrogen and oxygen atoms in total. The number of nitrogens with zero attached hydrogens (tertiary/aromatic N) is 3. The van der Waals surface area contributed by atoms with Gasteiger partial charge in [0.15, 0.2) is 0 Å². The zero-order valence-electron chi connectivity index (χ0n) is 18.9. The van der Waals surface area contributed by atoms with Gasteiger partial charge in [0.1, 0.15) is 5.75 Å². The topological polar surface area (TPSA) is 113 Å². The number of carbonyl (C=O) groups is 1. The van der Waals surface area contributed by atoms with Crippen molar-refractivity contribution in [3.8, 4) is 5.75 Å². The average molecular weight is 481 g/mol. The van der Waals surface area contributed by atoms with Crippen molar-refractivity contribution in [2.75, 3.05) is 17.2 Å². The third-order valence-electron chi connectivity index (χ3n) is 5.23. The molecule has 34 heavy (non-hydrogen) atoms. The van der Waals surface area contributed by atoms with Gasteiger partial charge in [-0.05, 0) is 50.1 Å². The number of rotatable bonds is 9. The van der Waals surface area contributed by atoms with Crippen LogP contribution in [0.2, 0.25) is 5.02 Å². The monoisotopic (exact) mass is 480 g/mol. The van der Waals surface area contributed by atoms with Crippen molar-refractivity contribution in [3.05, 3.63) is 80.7 Å². The van der Waals surface area contributed by atoms with Gasteiger partial charge in [-0.15, -0.1) is 0 Å². The molecule has 2 aromatic heterocycles. The van der Waals surface area contributed by atoms with Crippen LogP contribution in [0.25, 0.3) is 5.78 Å². The van der Waals surface area contributed by atoms with E-state index < -0.39 is 0 Å². The van der Waals surface area contributed by atoms with E-state index in [0.717, 1.165) is 5.56 Å². The number of aryl methyl sites for hydroxylation is 1. The van der Waals surface area contributed by atoms with Crippen molar-refractivity contribution in [3.63, 3.8) is 0 Å². The van der Waals surface area contributed by atoms with Crippen molar-refractivity contribution in [1.82, 2.24) is 19.6 Å². The van der Waals surface area contributed by atoms with Crippen LogP contribution >= 0.6 is 11.6 Å². The lowest BCUT2D eigenvalue weighted by molar-refractivity contribution is -0.116. The predicted octanol–water partition coefficient (Wildman–Crippen LogP) is 3.96. The quantitative estimate of drug-likeness (QED) is 0.334. The summed E-state index contributed by atoms with van der Waals surface area (Å²) in [5.41, 5.74) is 2.33. The van der Waals surface area contributed by atoms with Gasteiger partial charge < -0.3 is 15.4 Å². The molecule has 0 atom stereocenters. The Kier molecular flexibility index (Phi) is 7.12. The van der Waals surface area contributed by atoms with Crippen LogP contribution in [0.15, 0.2) is 53.3 Å². The molecule has 0 fully saturated rings. The Morgan fingerprint density at radius 1 is 1.15 bits per heavy atom. The molecule has 176 valence electrons. The maximum absolute atomic E-state index is 13.0. The summed E-state index contributed by atoms with van der Waals surface area (Å²) in [6, 6.07) is 14.7. The van der Waals surface area contributed by atoms with Gasteiger partial charge in [-0.25, -0.2) is 4.98 Å². The molecule has 0 saturated carbocycles. The van der Waals surface area contributed by atoms with Crippen molar-refractivity contribution >= 4 is 34.9 Å². The molecule has 4 aromatic rings. The summed E-state index contributed by atoms with van der Waals surface area (Å²) in [7, 11) is 0. The van der Waals surface area contributed by atoms with Gasteiger partial charge in [0.2, 0.25) is 11.9 Å². The standard InChI is InChI=1S/C24H25ClN6O3/c1-3-34-20-7-5-4-6-19(20)28-21(32)13-12-18-15(2)27-24-29-23(30-31(24)22(18)33)26-14-16-8-10-17(25)11-9-16/h4-11H,3,12-14H2,1-2H3,(H,28,32)(H2,26,27,29,30). The number of halogens is 1. The van der Waals surface area contributed by atoms with E-state index in [1.807, 2.05) is 43.3 Å². The largest absolute Gasteiger partial charge is 0.492 e. The number of anilines is 2. The number of fused-ring (bicyclic) bond motifs is 1. The molecule has 2 aromatic carbocycles. The number of H-pyrrole nitrogens is 1. The first-order chi connectivity index (χ1) is 16.4. The third-order valence-corrected chi connectivity index (χ3v) is 5.48. The first-order valence-electron chi connectivity index (χ1n) is 10.9. The Hall–Kier alpha value is -3.85. The number of amides is 1. The van der Waals surface area contributed by atoms with Crippen LogP contribution < -0.4 is 20.9 Å². The van der Waals surface area contributed by atoms with E-state index in [1.54, 1.807) is 19.1 Å². The van der Waals surface area contributed by atoms with Crippen LogP contribution in [-0.4, -0.2) is 32.1 Å². The fourth-order valence-corrected chi connectivity index (χ4v) is 3.64. The number of para-hydroxylation sites is 2. The number of aromatic nitrogens is 4. The number of hydrogen-bond acceptors (Lipinski definition) is 6. The number of hydrogen-bond donors (Lipinski definition) is 3. The van der Waals surface area contributed by atoms with Gasteiger partial charge >= 0.3 is 0 Å². The van der Waals surface area contributed by atoms with Gasteiger partial charge in [-0.1, -0.05) is 35.9 Å². The van der Waals surface area contributed by atoms with Crippen LogP contribution in [0.5, 0.6) is 5.75 Å². The zero-order chi connectivity index (χ0) is 24.1. The second kappa shape index (κ2) is 10.4. The molecule has 3 N–H and O–H groups in total. The van der Waals surface area contributed by atoms with Crippen LogP contribution in [0.3, 0.4) is 0 Å². The molecule has 0 saturated heterocycles. The maximum Gasteiger partial charge on any atom is 0.277 e. The van der Waals surface area contributed by atoms with E-state index in [9.17, 15) is 9.59 Å². The van der Waals surface area contributed by atoms with Gasteiger partial charge in [0.25, 0.3) is 11.3 Å². The summed E-state index contributed by atoms with van der Waals surface area (Å²) in [5.74, 6) is 1.07. The van der Waals surface area contributed by atoms with E-state index in [2.05, 4.69) is 25.7 Å². The summed E-state index contributed by atoms with van der Waals surface area (Å²) < 4.78 is 6.83. The smallest absolute Gasteiger partial charge is 0.277 e. The number of ether oxygens (including phenoxy) is 1. The fraction of sp³-hybridized carbons (Fsp3) is 0.250. The van der Waals surface area contributed by atoms with Gasteiger partial charge in [0, 0.05) is 23.6 Å². The molecular formula is C24H25ClN6O3. The van der Waals surface area contributed by atoms with Crippen molar-refractivity contribution in [2.24, 2.45) is 0 Å². The van der Waals surface area contributed by atoms with Crippen LogP contribution in [0.4, 0.5) is 11.6 Å². The Morgan fingerprint density at radius 3 is 2.68 bits per heavy atom. The lowest BCUT2D eigenvalue weighted by atomic mass is 10.1. The number of carbonyl (C=O) groups excluding carboxylic acids is 1. The minimum atomic E-state index is -0.281. The second-order valence-corrected chi connectivity index (χ2v) is 8.08. The van der Waals surface area contributed by atoms with E-state index >= 15 is 0 Å². The minimum Gasteiger partial charge on any atom is -0.492 e. The third kappa shape index (κ3) is 5.37. The SMILES string of the molecule is CCOc1ccccc1NC(=O)CCc1c(C)nc2nc(NCc3ccc(Cl)cc3)[nH]n2c1=O. The van der Waals surface area contributed by atoms with Gasteiger partial charge in [-0.3, -0.25) is 14.7 Å². The lowest BCUT2D eigenvalue weighted by Gasteiger charge is -2.11. The van der Waals surface area contributed by atoms with Crippen molar-refractivity contribution < 1.29 is 9.53 Å². The van der Waals surface area contributed by atoms with E-state index in [4.69, 9.17) is 16.3 Å². The summed E-state index contributed by atoms with van der Waals surface area (Å²) in [6.45, 7) is 4.62. The van der Waals surface area contributed by atoms with Crippen LogP contribution in [0, 0.1) is 6.92 Å². The Morgan fingerprint density at radius 2 is 1.91 bits per heavy atom. The number of nitrogens with one attached hydrogen (secondary N) is 3. The summed E-state index contributed by atoms with van der Waals surface area (Å²) in [6.07, 6.45) is 0.371. The highest BCUT2D eigenvalue weighted by Crippen LogP contribution is 2.24. The highest BCUT2D eigenvalue weighted by atomic mass is 35.5. The zero-order valence-corrected chi connectivity index (χ0v) is 19.6. The fourth-order valence-electron chi connectivity index (χ4n) is 3.51. The molecular weight excluding hydrogens is 456 g/mol. The first kappa shape index (κ1) is 23.3. The molecule has 2 heterocycles. The van der Waals surface area contributed by atoms with Gasteiger partial charge in [0.05, 0.1) is 18.0 Å². The first-order valence-corrected chi connectivity index (χ1v) is 11.3. The minimum absolute atomic E-state index is 0.125. The van der Waals surface area contributed by atoms with Crippen LogP contribution in [0.1, 0.15) is 30.2 Å². The molecule has 0 spiro atoms. The molecule has 0 unspecified atom stereocenters. The number of aromatic amines is 1. The Balaban J connectivity index is 1.45. The van der Waals surface area contributed by atoms with Crippen molar-refractivity contribution in [2.45, 2.75) is 33.2 Å². The van der Waals surface area contributed by atoms with Crippen molar-refractivity contribution in [1.29, 1.82) is 0 Å². The molecule has 10 heteroatoms. The van der Waals surface area contributed by atoms with E-state index in [0.29, 0.717) is 46.8 Å². The lowest BCUT2D eigenvalue weighted by Crippen LogP contribution is -2.23. The molecule has 0 bridgehead atoms. The maximum atomic E-state index is 13.0. The molecule has 0 radical (unpaired) electrons. The van der Waals surface area contributed by atoms with E-state index in [-0.39, 0.29) is 30.1 Å². The summed E-state index contributed by atoms with van der Waals surface area (Å²) in [5, 5.41) is 9.60. The summed E-state index contributed by atoms with van der Waals surface area (Å²) in [4.78, 5) is 34.4. The molecule has 0 aliphatic rings. The second-order valence-electron chi connectivity index (χ2n) is 7.65. The average Bonchev–Trinajstić information content (AvgIpc) is 3.23. The molecule has 4 rings (SSSR count). The van der Waals surface area contributed by atoms with Crippen LogP contribution in [-0.2, 0) is 17.8 Å². The Labute approximate surface area is 201 Å². The Bertz CT molecular complexity index is 1360. The van der Waals surface area contributed by atoms with E-state index in [1.165, 1.54) is 4.52 Å². The normalized spacial score (nSPS) is 10.9. The van der Waals surface area contributed by atoms with Gasteiger partial charge in [-0.2, -0.15) is 9.50 Å².